The van der Waals surface area contributed by atoms with Crippen LogP contribution in [-0.2, 0) is 9.31 Å². The lowest BCUT2D eigenvalue weighted by atomic mass is 9.77. The Labute approximate surface area is 108 Å². The highest BCUT2D eigenvalue weighted by Crippen LogP contribution is 2.36. The predicted molar refractivity (Wildman–Crippen MR) is 73.9 cm³/mol. The Morgan fingerprint density at radius 1 is 1.17 bits per heavy atom. The SMILES string of the molecule is CC1(C)OB(c2cccc3[nH]ncc23)OC1(C)C.[HH]. The lowest BCUT2D eigenvalue weighted by Crippen LogP contribution is -2.41. The van der Waals surface area contributed by atoms with Gasteiger partial charge in [0.2, 0.25) is 0 Å². The molecule has 1 fully saturated rings. The molecule has 0 saturated carbocycles. The summed E-state index contributed by atoms with van der Waals surface area (Å²) in [5, 5.41) is 8.09. The Bertz CT molecular complexity index is 581. The first-order valence-electron chi connectivity index (χ1n) is 6.18. The lowest BCUT2D eigenvalue weighted by molar-refractivity contribution is 0.00578. The highest BCUT2D eigenvalue weighted by molar-refractivity contribution is 6.65. The van der Waals surface area contributed by atoms with E-state index in [1.54, 1.807) is 0 Å². The second-order valence-corrected chi connectivity index (χ2v) is 5.77. The summed E-state index contributed by atoms with van der Waals surface area (Å²) in [7, 11) is -0.337. The molecular weight excluding hydrogens is 227 g/mol. The molecule has 0 spiro atoms. The van der Waals surface area contributed by atoms with Gasteiger partial charge in [-0.3, -0.25) is 5.10 Å². The van der Waals surface area contributed by atoms with Crippen LogP contribution in [0.5, 0.6) is 0 Å². The van der Waals surface area contributed by atoms with Gasteiger partial charge in [0.25, 0.3) is 0 Å². The largest absolute Gasteiger partial charge is 0.495 e. The number of aromatic amines is 1. The van der Waals surface area contributed by atoms with Gasteiger partial charge in [-0.2, -0.15) is 5.10 Å². The predicted octanol–water partition coefficient (Wildman–Crippen LogP) is 2.11. The van der Waals surface area contributed by atoms with Crippen molar-refractivity contribution in [1.82, 2.24) is 10.2 Å². The molecule has 0 aliphatic carbocycles. The topological polar surface area (TPSA) is 47.1 Å². The monoisotopic (exact) mass is 246 g/mol. The number of fused-ring (bicyclic) bond motifs is 1. The molecule has 3 rings (SSSR count). The van der Waals surface area contributed by atoms with Crippen LogP contribution in [0, 0.1) is 0 Å². The number of nitrogens with zero attached hydrogens (tertiary/aromatic N) is 1. The van der Waals surface area contributed by atoms with Crippen molar-refractivity contribution in [3.63, 3.8) is 0 Å². The Morgan fingerprint density at radius 2 is 1.83 bits per heavy atom. The Hall–Kier alpha value is -1.33. The number of hydrogen-bond acceptors (Lipinski definition) is 3. The summed E-state index contributed by atoms with van der Waals surface area (Å²) in [5.74, 6) is 0. The first-order chi connectivity index (χ1) is 8.41. The van der Waals surface area contributed by atoms with Crippen molar-refractivity contribution >= 4 is 23.5 Å². The lowest BCUT2D eigenvalue weighted by Gasteiger charge is -2.32. The van der Waals surface area contributed by atoms with Crippen molar-refractivity contribution in [2.75, 3.05) is 0 Å². The second-order valence-electron chi connectivity index (χ2n) is 5.77. The van der Waals surface area contributed by atoms with Crippen LogP contribution in [0.15, 0.2) is 24.4 Å². The fraction of sp³-hybridized carbons (Fsp3) is 0.462. The van der Waals surface area contributed by atoms with Crippen LogP contribution in [0.3, 0.4) is 0 Å². The third-order valence-electron chi connectivity index (χ3n) is 4.03. The van der Waals surface area contributed by atoms with E-state index in [-0.39, 0.29) is 19.7 Å². The molecule has 0 atom stereocenters. The molecule has 2 heterocycles. The van der Waals surface area contributed by atoms with Gasteiger partial charge in [0.1, 0.15) is 0 Å². The van der Waals surface area contributed by atoms with Crippen LogP contribution in [-0.4, -0.2) is 28.5 Å². The molecule has 5 heteroatoms. The zero-order valence-electron chi connectivity index (χ0n) is 11.2. The summed E-state index contributed by atoms with van der Waals surface area (Å²) in [6.45, 7) is 8.23. The van der Waals surface area contributed by atoms with Gasteiger partial charge in [-0.15, -0.1) is 0 Å². The normalized spacial score (nSPS) is 21.7. The van der Waals surface area contributed by atoms with Crippen molar-refractivity contribution in [2.45, 2.75) is 38.9 Å². The molecule has 0 unspecified atom stereocenters. The standard InChI is InChI=1S/C13H17BN2O2.H2/c1-12(2)13(3,4)18-14(17-12)10-6-5-7-11-9(10)8-15-16-11;/h5-8H,1-4H3,(H,15,16);1H. The van der Waals surface area contributed by atoms with E-state index in [0.717, 1.165) is 16.4 Å². The fourth-order valence-electron chi connectivity index (χ4n) is 2.17. The minimum Gasteiger partial charge on any atom is -0.399 e. The van der Waals surface area contributed by atoms with Gasteiger partial charge in [0.15, 0.2) is 0 Å². The van der Waals surface area contributed by atoms with Crippen LogP contribution in [0.25, 0.3) is 10.9 Å². The van der Waals surface area contributed by atoms with Crippen LogP contribution in [0.1, 0.15) is 29.1 Å². The molecule has 1 aromatic heterocycles. The minimum atomic E-state index is -0.337. The molecule has 1 aliphatic heterocycles. The number of hydrogen-bond donors (Lipinski definition) is 1. The van der Waals surface area contributed by atoms with E-state index in [2.05, 4.69) is 37.9 Å². The van der Waals surface area contributed by atoms with Gasteiger partial charge < -0.3 is 9.31 Å². The molecule has 1 saturated heterocycles. The first kappa shape index (κ1) is 11.7. The maximum atomic E-state index is 6.06. The maximum Gasteiger partial charge on any atom is 0.495 e. The summed E-state index contributed by atoms with van der Waals surface area (Å²) in [4.78, 5) is 0. The molecular formula is C13H19BN2O2. The molecule has 18 heavy (non-hydrogen) atoms. The van der Waals surface area contributed by atoms with E-state index in [9.17, 15) is 0 Å². The molecule has 0 bridgehead atoms. The molecule has 0 radical (unpaired) electrons. The highest BCUT2D eigenvalue weighted by atomic mass is 16.7. The average Bonchev–Trinajstić information content (AvgIpc) is 2.81. The number of nitrogens with one attached hydrogen (secondary N) is 1. The minimum absolute atomic E-state index is 0. The van der Waals surface area contributed by atoms with Crippen molar-refractivity contribution in [3.05, 3.63) is 24.4 Å². The fourth-order valence-corrected chi connectivity index (χ4v) is 2.17. The average molecular weight is 246 g/mol. The molecule has 4 nitrogen and oxygen atoms in total. The van der Waals surface area contributed by atoms with Crippen molar-refractivity contribution < 1.29 is 10.7 Å². The molecule has 1 N–H and O–H groups in total. The van der Waals surface area contributed by atoms with E-state index in [1.165, 1.54) is 0 Å². The van der Waals surface area contributed by atoms with Crippen molar-refractivity contribution in [1.29, 1.82) is 0 Å². The molecule has 96 valence electrons. The zero-order valence-corrected chi connectivity index (χ0v) is 11.2. The third kappa shape index (κ3) is 1.58. The Kier molecular flexibility index (Phi) is 2.34. The van der Waals surface area contributed by atoms with Gasteiger partial charge in [-0.1, -0.05) is 12.1 Å². The van der Waals surface area contributed by atoms with E-state index in [4.69, 9.17) is 9.31 Å². The van der Waals surface area contributed by atoms with Gasteiger partial charge >= 0.3 is 7.12 Å². The number of rotatable bonds is 1. The van der Waals surface area contributed by atoms with Crippen LogP contribution in [0.2, 0.25) is 0 Å². The van der Waals surface area contributed by atoms with Gasteiger partial charge in [0, 0.05) is 6.81 Å². The second kappa shape index (κ2) is 3.59. The van der Waals surface area contributed by atoms with Crippen LogP contribution in [0.4, 0.5) is 0 Å². The summed E-state index contributed by atoms with van der Waals surface area (Å²) in [5.41, 5.74) is 1.40. The summed E-state index contributed by atoms with van der Waals surface area (Å²) < 4.78 is 12.1. The van der Waals surface area contributed by atoms with Gasteiger partial charge in [-0.05, 0) is 39.2 Å². The van der Waals surface area contributed by atoms with E-state index in [0.29, 0.717) is 0 Å². The molecule has 1 aliphatic rings. The highest BCUT2D eigenvalue weighted by Gasteiger charge is 2.52. The van der Waals surface area contributed by atoms with E-state index in [1.807, 2.05) is 24.4 Å². The maximum absolute atomic E-state index is 6.06. The van der Waals surface area contributed by atoms with Gasteiger partial charge in [-0.25, -0.2) is 0 Å². The van der Waals surface area contributed by atoms with Crippen molar-refractivity contribution in [2.24, 2.45) is 0 Å². The summed E-state index contributed by atoms with van der Waals surface area (Å²) >= 11 is 0. The number of aromatic nitrogens is 2. The molecule has 2 aromatic rings. The summed E-state index contributed by atoms with van der Waals surface area (Å²) in [6.07, 6.45) is 1.82. The quantitative estimate of drug-likeness (QED) is 0.784. The zero-order chi connectivity index (χ0) is 13.0. The Balaban J connectivity index is 0.00000133. The van der Waals surface area contributed by atoms with Crippen molar-refractivity contribution in [3.8, 4) is 0 Å². The van der Waals surface area contributed by atoms with E-state index < -0.39 is 0 Å². The van der Waals surface area contributed by atoms with Gasteiger partial charge in [0.05, 0.1) is 22.9 Å². The Morgan fingerprint density at radius 3 is 2.50 bits per heavy atom. The third-order valence-corrected chi connectivity index (χ3v) is 4.03. The molecule has 1 aromatic carbocycles. The van der Waals surface area contributed by atoms with E-state index >= 15 is 0 Å². The first-order valence-corrected chi connectivity index (χ1v) is 6.18. The van der Waals surface area contributed by atoms with Crippen LogP contribution < -0.4 is 5.46 Å². The molecule has 0 amide bonds. The smallest absolute Gasteiger partial charge is 0.399 e. The number of benzene rings is 1. The number of H-pyrrole nitrogens is 1. The summed E-state index contributed by atoms with van der Waals surface area (Å²) in [6, 6.07) is 6.01. The van der Waals surface area contributed by atoms with Crippen LogP contribution >= 0.6 is 0 Å².